The summed E-state index contributed by atoms with van der Waals surface area (Å²) in [6, 6.07) is 8.38. The number of alkyl halides is 3. The molecule has 0 aromatic heterocycles. The van der Waals surface area contributed by atoms with Crippen LogP contribution in [0.3, 0.4) is 0 Å². The van der Waals surface area contributed by atoms with E-state index in [0.29, 0.717) is 12.2 Å². The molecular weight excluding hydrogens is 415 g/mol. The summed E-state index contributed by atoms with van der Waals surface area (Å²) in [6.07, 6.45) is -2.66. The van der Waals surface area contributed by atoms with Crippen LogP contribution in [0.5, 0.6) is 0 Å². The SMILES string of the molecule is CCN(c1ccc(Cl)c(C(F)(F)F)c1)C1CCc2c1ccc(C)c2Br. The lowest BCUT2D eigenvalue weighted by Crippen LogP contribution is -2.27. The van der Waals surface area contributed by atoms with E-state index < -0.39 is 11.7 Å². The van der Waals surface area contributed by atoms with Crippen molar-refractivity contribution in [3.05, 3.63) is 62.1 Å². The minimum absolute atomic E-state index is 0.0687. The Bertz CT molecular complexity index is 804. The lowest BCUT2D eigenvalue weighted by molar-refractivity contribution is -0.137. The summed E-state index contributed by atoms with van der Waals surface area (Å²) in [7, 11) is 0. The van der Waals surface area contributed by atoms with Gasteiger partial charge < -0.3 is 4.90 Å². The van der Waals surface area contributed by atoms with E-state index in [2.05, 4.69) is 28.1 Å². The second-order valence-corrected chi connectivity index (χ2v) is 7.47. The van der Waals surface area contributed by atoms with Gasteiger partial charge in [-0.1, -0.05) is 39.7 Å². The smallest absolute Gasteiger partial charge is 0.365 e. The van der Waals surface area contributed by atoms with Gasteiger partial charge in [-0.3, -0.25) is 0 Å². The highest BCUT2D eigenvalue weighted by atomic mass is 79.9. The third-order valence-corrected chi connectivity index (χ3v) is 6.24. The third-order valence-electron chi connectivity index (χ3n) is 4.80. The first-order chi connectivity index (χ1) is 11.7. The molecule has 0 saturated heterocycles. The summed E-state index contributed by atoms with van der Waals surface area (Å²) in [6.45, 7) is 4.63. The molecule has 2 aromatic rings. The molecule has 0 heterocycles. The zero-order valence-corrected chi connectivity index (χ0v) is 16.3. The van der Waals surface area contributed by atoms with E-state index >= 15 is 0 Å². The fourth-order valence-electron chi connectivity index (χ4n) is 3.57. The van der Waals surface area contributed by atoms with Crippen molar-refractivity contribution in [2.45, 2.75) is 38.9 Å². The lowest BCUT2D eigenvalue weighted by Gasteiger charge is -2.31. The molecule has 1 unspecified atom stereocenters. The molecule has 2 aromatic carbocycles. The van der Waals surface area contributed by atoms with Crippen LogP contribution in [0.1, 0.15) is 41.6 Å². The normalized spacial score (nSPS) is 16.8. The lowest BCUT2D eigenvalue weighted by atomic mass is 10.0. The molecule has 0 amide bonds. The van der Waals surface area contributed by atoms with Gasteiger partial charge in [0, 0.05) is 16.7 Å². The first kappa shape index (κ1) is 18.6. The van der Waals surface area contributed by atoms with Crippen LogP contribution in [0.15, 0.2) is 34.8 Å². The van der Waals surface area contributed by atoms with Crippen LogP contribution in [-0.4, -0.2) is 6.54 Å². The summed E-state index contributed by atoms with van der Waals surface area (Å²) in [5, 5.41) is -0.266. The molecule has 0 radical (unpaired) electrons. The zero-order valence-electron chi connectivity index (χ0n) is 13.9. The Balaban J connectivity index is 2.03. The Labute approximate surface area is 158 Å². The second kappa shape index (κ2) is 6.84. The van der Waals surface area contributed by atoms with Crippen molar-refractivity contribution in [1.29, 1.82) is 0 Å². The highest BCUT2D eigenvalue weighted by molar-refractivity contribution is 9.10. The molecule has 0 N–H and O–H groups in total. The van der Waals surface area contributed by atoms with Gasteiger partial charge in [0.1, 0.15) is 0 Å². The Hall–Kier alpha value is -1.20. The molecule has 1 aliphatic carbocycles. The standard InChI is InChI=1S/C19H18BrClF3N/c1-3-25(12-5-8-16(21)15(10-12)19(22,23)24)17-9-7-14-13(17)6-4-11(2)18(14)20/h4-6,8,10,17H,3,7,9H2,1-2H3. The number of nitrogens with zero attached hydrogens (tertiary/aromatic N) is 1. The van der Waals surface area contributed by atoms with Crippen molar-refractivity contribution >= 4 is 33.2 Å². The van der Waals surface area contributed by atoms with E-state index in [9.17, 15) is 13.2 Å². The monoisotopic (exact) mass is 431 g/mol. The van der Waals surface area contributed by atoms with Gasteiger partial charge in [0.2, 0.25) is 0 Å². The maximum Gasteiger partial charge on any atom is 0.417 e. The average molecular weight is 433 g/mol. The van der Waals surface area contributed by atoms with E-state index in [-0.39, 0.29) is 11.1 Å². The topological polar surface area (TPSA) is 3.24 Å². The van der Waals surface area contributed by atoms with E-state index in [1.807, 2.05) is 18.7 Å². The predicted molar refractivity (Wildman–Crippen MR) is 99.4 cm³/mol. The first-order valence-electron chi connectivity index (χ1n) is 8.15. The van der Waals surface area contributed by atoms with Crippen molar-refractivity contribution in [2.24, 2.45) is 0 Å². The summed E-state index contributed by atoms with van der Waals surface area (Å²) < 4.78 is 40.7. The molecule has 134 valence electrons. The van der Waals surface area contributed by atoms with Gasteiger partial charge in [0.05, 0.1) is 16.6 Å². The highest BCUT2D eigenvalue weighted by Gasteiger charge is 2.35. The molecular formula is C19H18BrClF3N. The van der Waals surface area contributed by atoms with Crippen LogP contribution >= 0.6 is 27.5 Å². The number of rotatable bonds is 3. The fourth-order valence-corrected chi connectivity index (χ4v) is 4.36. The number of hydrogen-bond acceptors (Lipinski definition) is 1. The quantitative estimate of drug-likeness (QED) is 0.507. The Morgan fingerprint density at radius 3 is 2.60 bits per heavy atom. The third kappa shape index (κ3) is 3.41. The van der Waals surface area contributed by atoms with Crippen LogP contribution in [-0.2, 0) is 12.6 Å². The van der Waals surface area contributed by atoms with Gasteiger partial charge in [0.15, 0.2) is 0 Å². The van der Waals surface area contributed by atoms with Crippen molar-refractivity contribution in [1.82, 2.24) is 0 Å². The second-order valence-electron chi connectivity index (χ2n) is 6.27. The van der Waals surface area contributed by atoms with Crippen molar-refractivity contribution in [3.8, 4) is 0 Å². The summed E-state index contributed by atoms with van der Waals surface area (Å²) in [5.41, 5.74) is 3.38. The van der Waals surface area contributed by atoms with Gasteiger partial charge >= 0.3 is 6.18 Å². The minimum Gasteiger partial charge on any atom is -0.365 e. The largest absolute Gasteiger partial charge is 0.417 e. The summed E-state index contributed by atoms with van der Waals surface area (Å²) in [4.78, 5) is 2.03. The van der Waals surface area contributed by atoms with Crippen molar-refractivity contribution in [3.63, 3.8) is 0 Å². The van der Waals surface area contributed by atoms with Gasteiger partial charge in [-0.2, -0.15) is 13.2 Å². The number of halogens is 5. The fraction of sp³-hybridized carbons (Fsp3) is 0.368. The minimum atomic E-state index is -4.46. The number of fused-ring (bicyclic) bond motifs is 1. The average Bonchev–Trinajstić information content (AvgIpc) is 2.97. The summed E-state index contributed by atoms with van der Waals surface area (Å²) in [5.74, 6) is 0. The Kier molecular flexibility index (Phi) is 5.09. The van der Waals surface area contributed by atoms with E-state index in [1.165, 1.54) is 22.8 Å². The molecule has 0 spiro atoms. The molecule has 1 nitrogen and oxygen atoms in total. The molecule has 6 heteroatoms. The van der Waals surface area contributed by atoms with Crippen LogP contribution in [0.4, 0.5) is 18.9 Å². The van der Waals surface area contributed by atoms with Gasteiger partial charge in [-0.25, -0.2) is 0 Å². The number of aryl methyl sites for hydroxylation is 1. The first-order valence-corrected chi connectivity index (χ1v) is 9.32. The molecule has 0 fully saturated rings. The van der Waals surface area contributed by atoms with Crippen molar-refractivity contribution < 1.29 is 13.2 Å². The molecule has 1 atom stereocenters. The molecule has 0 aliphatic heterocycles. The van der Waals surface area contributed by atoms with Crippen LogP contribution in [0.25, 0.3) is 0 Å². The molecule has 25 heavy (non-hydrogen) atoms. The number of anilines is 1. The highest BCUT2D eigenvalue weighted by Crippen LogP contribution is 2.44. The summed E-state index contributed by atoms with van der Waals surface area (Å²) >= 11 is 9.41. The van der Waals surface area contributed by atoms with Gasteiger partial charge in [0.25, 0.3) is 0 Å². The molecule has 0 bridgehead atoms. The molecule has 3 rings (SSSR count). The van der Waals surface area contributed by atoms with E-state index in [4.69, 9.17) is 11.6 Å². The Morgan fingerprint density at radius 2 is 1.96 bits per heavy atom. The van der Waals surface area contributed by atoms with Crippen LogP contribution in [0.2, 0.25) is 5.02 Å². The van der Waals surface area contributed by atoms with Crippen LogP contribution in [0, 0.1) is 6.92 Å². The Morgan fingerprint density at radius 1 is 1.24 bits per heavy atom. The maximum absolute atomic E-state index is 13.2. The number of hydrogen-bond donors (Lipinski definition) is 0. The maximum atomic E-state index is 13.2. The van der Waals surface area contributed by atoms with Gasteiger partial charge in [-0.05, 0) is 61.6 Å². The predicted octanol–water partition coefficient (Wildman–Crippen LogP) is 6.94. The van der Waals surface area contributed by atoms with Gasteiger partial charge in [-0.15, -0.1) is 0 Å². The van der Waals surface area contributed by atoms with Crippen molar-refractivity contribution in [2.75, 3.05) is 11.4 Å². The van der Waals surface area contributed by atoms with E-state index in [1.54, 1.807) is 6.07 Å². The zero-order chi connectivity index (χ0) is 18.4. The molecule has 0 saturated carbocycles. The van der Waals surface area contributed by atoms with E-state index in [0.717, 1.165) is 23.4 Å². The number of benzene rings is 2. The van der Waals surface area contributed by atoms with Crippen LogP contribution < -0.4 is 4.90 Å². The molecule has 1 aliphatic rings.